The number of rotatable bonds is 2. The number of imidazole rings is 1. The molecule has 1 N–H and O–H groups in total. The molecule has 0 aliphatic carbocycles. The molecule has 0 spiro atoms. The maximum atomic E-state index is 5.18. The molecule has 0 bridgehead atoms. The SMILES string of the molecule is COc1ccc(C2CCNc3nccn32)cc1. The summed E-state index contributed by atoms with van der Waals surface area (Å²) in [6, 6.07) is 8.64. The van der Waals surface area contributed by atoms with Crippen molar-refractivity contribution in [1.29, 1.82) is 0 Å². The van der Waals surface area contributed by atoms with Gasteiger partial charge in [0.1, 0.15) is 5.75 Å². The van der Waals surface area contributed by atoms with Crippen LogP contribution < -0.4 is 10.1 Å². The zero-order chi connectivity index (χ0) is 11.7. The average molecular weight is 229 g/mol. The van der Waals surface area contributed by atoms with Crippen LogP contribution >= 0.6 is 0 Å². The zero-order valence-corrected chi connectivity index (χ0v) is 9.76. The van der Waals surface area contributed by atoms with E-state index in [2.05, 4.69) is 27.0 Å². The van der Waals surface area contributed by atoms with Crippen LogP contribution in [-0.4, -0.2) is 23.2 Å². The maximum Gasteiger partial charge on any atom is 0.203 e. The quantitative estimate of drug-likeness (QED) is 0.858. The van der Waals surface area contributed by atoms with Gasteiger partial charge >= 0.3 is 0 Å². The smallest absolute Gasteiger partial charge is 0.203 e. The summed E-state index contributed by atoms with van der Waals surface area (Å²) >= 11 is 0. The van der Waals surface area contributed by atoms with Gasteiger partial charge in [-0.2, -0.15) is 0 Å². The number of hydrogen-bond donors (Lipinski definition) is 1. The Kier molecular flexibility index (Phi) is 2.48. The topological polar surface area (TPSA) is 39.1 Å². The van der Waals surface area contributed by atoms with E-state index in [1.54, 1.807) is 7.11 Å². The summed E-state index contributed by atoms with van der Waals surface area (Å²) in [6.07, 6.45) is 4.94. The second-order valence-electron chi connectivity index (χ2n) is 4.16. The van der Waals surface area contributed by atoms with Gasteiger partial charge in [0.15, 0.2) is 0 Å². The number of hydrogen-bond acceptors (Lipinski definition) is 3. The minimum absolute atomic E-state index is 0.375. The third-order valence-electron chi connectivity index (χ3n) is 3.21. The van der Waals surface area contributed by atoms with Crippen molar-refractivity contribution >= 4 is 5.95 Å². The first-order chi connectivity index (χ1) is 8.38. The van der Waals surface area contributed by atoms with Crippen LogP contribution in [0.1, 0.15) is 18.0 Å². The van der Waals surface area contributed by atoms with Gasteiger partial charge in [0.25, 0.3) is 0 Å². The number of benzene rings is 1. The van der Waals surface area contributed by atoms with Gasteiger partial charge < -0.3 is 14.6 Å². The minimum atomic E-state index is 0.375. The van der Waals surface area contributed by atoms with Gasteiger partial charge in [-0.25, -0.2) is 4.98 Å². The summed E-state index contributed by atoms with van der Waals surface area (Å²) in [5.74, 6) is 1.85. The van der Waals surface area contributed by atoms with Crippen molar-refractivity contribution in [3.05, 3.63) is 42.2 Å². The van der Waals surface area contributed by atoms with Crippen LogP contribution in [0.5, 0.6) is 5.75 Å². The summed E-state index contributed by atoms with van der Waals surface area (Å²) in [7, 11) is 1.69. The first-order valence-corrected chi connectivity index (χ1v) is 5.79. The Balaban J connectivity index is 1.95. The Labute approximate surface area is 100 Å². The molecule has 88 valence electrons. The molecular formula is C13H15N3O. The van der Waals surface area contributed by atoms with Gasteiger partial charge in [0.05, 0.1) is 13.2 Å². The van der Waals surface area contributed by atoms with E-state index < -0.39 is 0 Å². The molecule has 2 aromatic rings. The Morgan fingerprint density at radius 2 is 2.18 bits per heavy atom. The highest BCUT2D eigenvalue weighted by Gasteiger charge is 2.20. The fourth-order valence-electron chi connectivity index (χ4n) is 2.31. The number of nitrogens with one attached hydrogen (secondary N) is 1. The Morgan fingerprint density at radius 1 is 1.35 bits per heavy atom. The monoisotopic (exact) mass is 229 g/mol. The summed E-state index contributed by atoms with van der Waals surface area (Å²) in [6.45, 7) is 0.966. The third kappa shape index (κ3) is 1.75. The molecule has 4 heteroatoms. The van der Waals surface area contributed by atoms with E-state index in [4.69, 9.17) is 4.74 Å². The lowest BCUT2D eigenvalue weighted by atomic mass is 10.0. The molecule has 1 aromatic heterocycles. The molecule has 0 fully saturated rings. The van der Waals surface area contributed by atoms with E-state index in [0.717, 1.165) is 24.7 Å². The molecule has 1 unspecified atom stereocenters. The lowest BCUT2D eigenvalue weighted by Gasteiger charge is -2.26. The van der Waals surface area contributed by atoms with Crippen LogP contribution in [0.2, 0.25) is 0 Å². The van der Waals surface area contributed by atoms with Gasteiger partial charge in [-0.15, -0.1) is 0 Å². The molecular weight excluding hydrogens is 214 g/mol. The van der Waals surface area contributed by atoms with E-state index >= 15 is 0 Å². The van der Waals surface area contributed by atoms with E-state index in [0.29, 0.717) is 6.04 Å². The second-order valence-corrected chi connectivity index (χ2v) is 4.16. The molecule has 17 heavy (non-hydrogen) atoms. The second kappa shape index (κ2) is 4.13. The van der Waals surface area contributed by atoms with Crippen molar-refractivity contribution in [3.8, 4) is 5.75 Å². The van der Waals surface area contributed by atoms with Crippen molar-refractivity contribution in [2.45, 2.75) is 12.5 Å². The van der Waals surface area contributed by atoms with E-state index in [9.17, 15) is 0 Å². The van der Waals surface area contributed by atoms with Crippen LogP contribution in [0.25, 0.3) is 0 Å². The fraction of sp³-hybridized carbons (Fsp3) is 0.308. The Morgan fingerprint density at radius 3 is 2.94 bits per heavy atom. The number of methoxy groups -OCH3 is 1. The van der Waals surface area contributed by atoms with Crippen LogP contribution in [0.4, 0.5) is 5.95 Å². The molecule has 2 heterocycles. The molecule has 3 rings (SSSR count). The number of ether oxygens (including phenoxy) is 1. The first kappa shape index (κ1) is 10.2. The molecule has 1 aliphatic rings. The lowest BCUT2D eigenvalue weighted by Crippen LogP contribution is -2.23. The minimum Gasteiger partial charge on any atom is -0.497 e. The Bertz CT molecular complexity index is 504. The zero-order valence-electron chi connectivity index (χ0n) is 9.76. The molecule has 0 saturated heterocycles. The van der Waals surface area contributed by atoms with Gasteiger partial charge in [-0.3, -0.25) is 0 Å². The van der Waals surface area contributed by atoms with E-state index in [1.807, 2.05) is 24.5 Å². The highest BCUT2D eigenvalue weighted by molar-refractivity contribution is 5.35. The largest absolute Gasteiger partial charge is 0.497 e. The number of aromatic nitrogens is 2. The fourth-order valence-corrected chi connectivity index (χ4v) is 2.31. The van der Waals surface area contributed by atoms with Crippen LogP contribution in [0.15, 0.2) is 36.7 Å². The van der Waals surface area contributed by atoms with Gasteiger partial charge in [0, 0.05) is 18.9 Å². The van der Waals surface area contributed by atoms with Crippen molar-refractivity contribution in [2.75, 3.05) is 19.0 Å². The molecule has 4 nitrogen and oxygen atoms in total. The summed E-state index contributed by atoms with van der Waals surface area (Å²) in [4.78, 5) is 4.29. The predicted molar refractivity (Wildman–Crippen MR) is 66.5 cm³/mol. The van der Waals surface area contributed by atoms with Crippen LogP contribution in [-0.2, 0) is 0 Å². The highest BCUT2D eigenvalue weighted by atomic mass is 16.5. The van der Waals surface area contributed by atoms with Crippen molar-refractivity contribution in [1.82, 2.24) is 9.55 Å². The van der Waals surface area contributed by atoms with Gasteiger partial charge in [-0.1, -0.05) is 12.1 Å². The first-order valence-electron chi connectivity index (χ1n) is 5.79. The van der Waals surface area contributed by atoms with Crippen LogP contribution in [0, 0.1) is 0 Å². The van der Waals surface area contributed by atoms with Crippen molar-refractivity contribution in [2.24, 2.45) is 0 Å². The Hall–Kier alpha value is -1.97. The summed E-state index contributed by atoms with van der Waals surface area (Å²) in [5.41, 5.74) is 1.30. The van der Waals surface area contributed by atoms with Gasteiger partial charge in [-0.05, 0) is 24.1 Å². The number of fused-ring (bicyclic) bond motifs is 1. The average Bonchev–Trinajstić information content (AvgIpc) is 2.87. The summed E-state index contributed by atoms with van der Waals surface area (Å²) < 4.78 is 7.37. The molecule has 1 atom stereocenters. The van der Waals surface area contributed by atoms with Crippen molar-refractivity contribution < 1.29 is 4.74 Å². The molecule has 0 amide bonds. The molecule has 0 radical (unpaired) electrons. The van der Waals surface area contributed by atoms with E-state index in [-0.39, 0.29) is 0 Å². The standard InChI is InChI=1S/C13H15N3O/c1-17-11-4-2-10(3-5-11)12-6-7-14-13-15-8-9-16(12)13/h2-5,8-9,12H,6-7H2,1H3,(H,14,15). The van der Waals surface area contributed by atoms with Crippen molar-refractivity contribution in [3.63, 3.8) is 0 Å². The van der Waals surface area contributed by atoms with Gasteiger partial charge in [0.2, 0.25) is 5.95 Å². The lowest BCUT2D eigenvalue weighted by molar-refractivity contribution is 0.414. The van der Waals surface area contributed by atoms with E-state index in [1.165, 1.54) is 5.56 Å². The third-order valence-corrected chi connectivity index (χ3v) is 3.21. The maximum absolute atomic E-state index is 5.18. The number of anilines is 1. The predicted octanol–water partition coefficient (Wildman–Crippen LogP) is 2.30. The summed E-state index contributed by atoms with van der Waals surface area (Å²) in [5, 5.41) is 3.29. The molecule has 1 aromatic carbocycles. The highest BCUT2D eigenvalue weighted by Crippen LogP contribution is 2.29. The normalized spacial score (nSPS) is 18.3. The van der Waals surface area contributed by atoms with Crippen LogP contribution in [0.3, 0.4) is 0 Å². The molecule has 0 saturated carbocycles. The number of nitrogens with zero attached hydrogens (tertiary/aromatic N) is 2. The molecule has 1 aliphatic heterocycles.